The molecule has 2 N–H and O–H groups in total. The lowest BCUT2D eigenvalue weighted by Crippen LogP contribution is -2.21. The molecule has 0 saturated heterocycles. The Balaban J connectivity index is 1.24. The second kappa shape index (κ2) is 12.0. The molecule has 0 fully saturated rings. The third kappa shape index (κ3) is 5.85. The van der Waals surface area contributed by atoms with E-state index in [4.69, 9.17) is 66.3 Å². The topological polar surface area (TPSA) is 94.6 Å². The summed E-state index contributed by atoms with van der Waals surface area (Å²) < 4.78 is 18.1. The third-order valence-electron chi connectivity index (χ3n) is 6.80. The number of nitrogens with zero attached hydrogens (tertiary/aromatic N) is 1. The van der Waals surface area contributed by atoms with Crippen molar-refractivity contribution in [1.29, 1.82) is 5.26 Å². The van der Waals surface area contributed by atoms with Gasteiger partial charge in [-0.3, -0.25) is 0 Å². The van der Waals surface area contributed by atoms with Gasteiger partial charge in [-0.25, -0.2) is 4.79 Å². The number of thiophene rings is 1. The molecule has 5 aromatic rings. The molecule has 1 aliphatic rings. The molecule has 2 heterocycles. The van der Waals surface area contributed by atoms with Gasteiger partial charge in [-0.15, -0.1) is 11.3 Å². The van der Waals surface area contributed by atoms with Crippen LogP contribution in [-0.2, 0) is 6.61 Å². The Morgan fingerprint density at radius 2 is 1.65 bits per heavy atom. The van der Waals surface area contributed by atoms with Crippen molar-refractivity contribution in [3.63, 3.8) is 0 Å². The minimum Gasteiger partial charge on any atom is -0.489 e. The molecular weight excluding hydrogens is 650 g/mol. The highest BCUT2D eigenvalue weighted by Gasteiger charge is 2.31. The molecule has 1 atom stereocenters. The summed E-state index contributed by atoms with van der Waals surface area (Å²) in [5, 5.41) is 12.5. The van der Waals surface area contributed by atoms with Gasteiger partial charge < -0.3 is 19.9 Å². The molecule has 214 valence electrons. The monoisotopic (exact) mass is 666 g/mol. The highest BCUT2D eigenvalue weighted by atomic mass is 35.5. The number of carbonyl (C=O) groups excluding carboxylic acids is 1. The molecule has 6 nitrogen and oxygen atoms in total. The van der Waals surface area contributed by atoms with Crippen LogP contribution in [0.25, 0.3) is 10.1 Å². The first kappa shape index (κ1) is 29.2. The van der Waals surface area contributed by atoms with Gasteiger partial charge in [0.05, 0.1) is 10.9 Å². The molecule has 0 bridgehead atoms. The molecule has 6 rings (SSSR count). The summed E-state index contributed by atoms with van der Waals surface area (Å²) in [6, 6.07) is 24.9. The predicted octanol–water partition coefficient (Wildman–Crippen LogP) is 9.53. The van der Waals surface area contributed by atoms with Crippen molar-refractivity contribution in [3.8, 4) is 23.3 Å². The van der Waals surface area contributed by atoms with E-state index >= 15 is 0 Å². The number of fused-ring (bicyclic) bond motifs is 2. The molecule has 0 amide bonds. The average Bonchev–Trinajstić information content (AvgIpc) is 3.31. The summed E-state index contributed by atoms with van der Waals surface area (Å²) in [5.41, 5.74) is 8.70. The maximum Gasteiger partial charge on any atom is 0.355 e. The first-order chi connectivity index (χ1) is 20.7. The second-order valence-electron chi connectivity index (χ2n) is 9.49. The molecule has 0 radical (unpaired) electrons. The fourth-order valence-corrected chi connectivity index (χ4v) is 6.85. The average molecular weight is 668 g/mol. The Hall–Kier alpha value is -3.90. The van der Waals surface area contributed by atoms with Gasteiger partial charge in [0.25, 0.3) is 0 Å². The van der Waals surface area contributed by atoms with E-state index < -0.39 is 11.9 Å². The molecule has 1 unspecified atom stereocenters. The Labute approximate surface area is 270 Å². The fourth-order valence-electron chi connectivity index (χ4n) is 4.72. The highest BCUT2D eigenvalue weighted by Crippen LogP contribution is 2.44. The van der Waals surface area contributed by atoms with Gasteiger partial charge in [0.1, 0.15) is 40.4 Å². The van der Waals surface area contributed by atoms with Gasteiger partial charge in [-0.05, 0) is 48.0 Å². The summed E-state index contributed by atoms with van der Waals surface area (Å²) >= 11 is 26.0. The maximum absolute atomic E-state index is 13.0. The largest absolute Gasteiger partial charge is 0.489 e. The van der Waals surface area contributed by atoms with Crippen LogP contribution in [0.3, 0.4) is 0 Å². The van der Waals surface area contributed by atoms with E-state index in [9.17, 15) is 10.1 Å². The van der Waals surface area contributed by atoms with Gasteiger partial charge in [0.2, 0.25) is 5.88 Å². The van der Waals surface area contributed by atoms with E-state index in [0.717, 1.165) is 15.8 Å². The Bertz CT molecular complexity index is 1980. The molecule has 4 aromatic carbocycles. The Morgan fingerprint density at radius 3 is 2.40 bits per heavy atom. The second-order valence-corrected chi connectivity index (χ2v) is 12.2. The SMILES string of the molecule is N#CC1=C(N)Oc2cc(OC(=O)c3sc4cc(Cl)ccc4c3Cl)ccc2C1c1ccc(OCc2ccc(Cl)cc2Cl)cc1. The zero-order valence-electron chi connectivity index (χ0n) is 21.9. The van der Waals surface area contributed by atoms with Crippen molar-refractivity contribution in [2.45, 2.75) is 12.5 Å². The molecular formula is C32H18Cl4N2O4S. The summed E-state index contributed by atoms with van der Waals surface area (Å²) in [6.45, 7) is 0.258. The number of esters is 1. The number of hydrogen-bond acceptors (Lipinski definition) is 7. The van der Waals surface area contributed by atoms with E-state index in [1.165, 1.54) is 11.3 Å². The van der Waals surface area contributed by atoms with Crippen molar-refractivity contribution < 1.29 is 19.0 Å². The summed E-state index contributed by atoms with van der Waals surface area (Å²) in [7, 11) is 0. The number of nitrogens with two attached hydrogens (primary N) is 1. The van der Waals surface area contributed by atoms with Crippen LogP contribution in [0, 0.1) is 11.3 Å². The first-order valence-corrected chi connectivity index (χ1v) is 15.0. The molecule has 1 aromatic heterocycles. The number of benzene rings is 4. The van der Waals surface area contributed by atoms with Gasteiger partial charge >= 0.3 is 5.97 Å². The number of ether oxygens (including phenoxy) is 3. The number of hydrogen-bond donors (Lipinski definition) is 1. The number of halogens is 4. The van der Waals surface area contributed by atoms with Crippen LogP contribution in [-0.4, -0.2) is 5.97 Å². The summed E-state index contributed by atoms with van der Waals surface area (Å²) in [5.74, 6) is 0.0320. The van der Waals surface area contributed by atoms with E-state index in [2.05, 4.69) is 6.07 Å². The third-order valence-corrected chi connectivity index (χ3v) is 9.26. The molecule has 0 spiro atoms. The summed E-state index contributed by atoms with van der Waals surface area (Å²) in [6.07, 6.45) is 0. The molecule has 1 aliphatic heterocycles. The van der Waals surface area contributed by atoms with E-state index in [-0.39, 0.29) is 28.7 Å². The predicted molar refractivity (Wildman–Crippen MR) is 170 cm³/mol. The fraction of sp³-hybridized carbons (Fsp3) is 0.0625. The minimum absolute atomic E-state index is 0.0365. The zero-order valence-corrected chi connectivity index (χ0v) is 25.7. The lowest BCUT2D eigenvalue weighted by atomic mass is 9.83. The Morgan fingerprint density at radius 1 is 0.930 bits per heavy atom. The van der Waals surface area contributed by atoms with Gasteiger partial charge in [0, 0.05) is 42.3 Å². The molecule has 43 heavy (non-hydrogen) atoms. The minimum atomic E-state index is -0.619. The van der Waals surface area contributed by atoms with Crippen LogP contribution < -0.4 is 19.9 Å². The lowest BCUT2D eigenvalue weighted by molar-refractivity contribution is 0.0740. The number of rotatable bonds is 6. The lowest BCUT2D eigenvalue weighted by Gasteiger charge is -2.26. The quantitative estimate of drug-likeness (QED) is 0.143. The highest BCUT2D eigenvalue weighted by molar-refractivity contribution is 7.21. The molecule has 0 saturated carbocycles. The van der Waals surface area contributed by atoms with Crippen LogP contribution in [0.15, 0.2) is 90.3 Å². The Kier molecular flexibility index (Phi) is 8.15. The smallest absolute Gasteiger partial charge is 0.355 e. The maximum atomic E-state index is 13.0. The van der Waals surface area contributed by atoms with Crippen LogP contribution in [0.5, 0.6) is 17.2 Å². The first-order valence-electron chi connectivity index (χ1n) is 12.7. The van der Waals surface area contributed by atoms with Gasteiger partial charge in [0.15, 0.2) is 0 Å². The van der Waals surface area contributed by atoms with Gasteiger partial charge in [-0.2, -0.15) is 5.26 Å². The van der Waals surface area contributed by atoms with Crippen LogP contribution >= 0.6 is 57.7 Å². The van der Waals surface area contributed by atoms with Crippen LogP contribution in [0.4, 0.5) is 0 Å². The normalized spacial score (nSPS) is 14.2. The van der Waals surface area contributed by atoms with Crippen LogP contribution in [0.2, 0.25) is 20.1 Å². The van der Waals surface area contributed by atoms with E-state index in [1.54, 1.807) is 60.7 Å². The number of carbonyl (C=O) groups is 1. The zero-order chi connectivity index (χ0) is 30.2. The molecule has 11 heteroatoms. The van der Waals surface area contributed by atoms with Crippen molar-refractivity contribution in [1.82, 2.24) is 0 Å². The van der Waals surface area contributed by atoms with Crippen molar-refractivity contribution in [3.05, 3.63) is 132 Å². The van der Waals surface area contributed by atoms with Crippen molar-refractivity contribution >= 4 is 73.8 Å². The number of allylic oxidation sites excluding steroid dienone is 1. The molecule has 0 aliphatic carbocycles. The van der Waals surface area contributed by atoms with Crippen molar-refractivity contribution in [2.24, 2.45) is 5.73 Å². The van der Waals surface area contributed by atoms with Gasteiger partial charge in [-0.1, -0.05) is 76.7 Å². The number of nitriles is 1. The van der Waals surface area contributed by atoms with E-state index in [1.807, 2.05) is 18.2 Å². The van der Waals surface area contributed by atoms with Crippen molar-refractivity contribution in [2.75, 3.05) is 0 Å². The standard InChI is InChI=1S/C32H18Cl4N2O4S/c33-18-4-1-17(25(35)11-18)15-40-20-6-2-16(3-7-20)28-22-10-8-21(13-26(22)42-31(38)24(28)14-37)41-32(39)30-29(36)23-9-5-19(34)12-27(23)43-30/h1-13,28H,15,38H2. The summed E-state index contributed by atoms with van der Waals surface area (Å²) in [4.78, 5) is 13.3. The van der Waals surface area contributed by atoms with Crippen LogP contribution in [0.1, 0.15) is 32.3 Å². The van der Waals surface area contributed by atoms with E-state index in [0.29, 0.717) is 42.5 Å².